The molecule has 1 aliphatic heterocycles. The molecular formula is C18H19IN2O. The molecule has 0 atom stereocenters. The van der Waals surface area contributed by atoms with Gasteiger partial charge in [-0.2, -0.15) is 0 Å². The zero-order chi connectivity index (χ0) is 15.2. The van der Waals surface area contributed by atoms with E-state index in [0.717, 1.165) is 44.2 Å². The number of hydrogen-bond acceptors (Lipinski definition) is 2. The number of amidine groups is 1. The molecule has 0 bridgehead atoms. The van der Waals surface area contributed by atoms with Gasteiger partial charge in [-0.1, -0.05) is 42.5 Å². The molecule has 0 radical (unpaired) electrons. The lowest BCUT2D eigenvalue weighted by Gasteiger charge is -2.30. The molecule has 114 valence electrons. The molecular weight excluding hydrogens is 387 g/mol. The molecule has 2 aromatic rings. The minimum atomic E-state index is 0.777. The van der Waals surface area contributed by atoms with Crippen LogP contribution in [0.3, 0.4) is 0 Å². The van der Waals surface area contributed by atoms with Crippen LogP contribution in [0.1, 0.15) is 5.56 Å². The molecule has 2 aromatic carbocycles. The third-order valence-electron chi connectivity index (χ3n) is 3.68. The molecule has 1 aliphatic rings. The quantitative estimate of drug-likeness (QED) is 0.439. The van der Waals surface area contributed by atoms with E-state index in [4.69, 9.17) is 9.73 Å². The van der Waals surface area contributed by atoms with Crippen LogP contribution in [0, 0.1) is 3.57 Å². The van der Waals surface area contributed by atoms with Crippen molar-refractivity contribution in [1.82, 2.24) is 4.90 Å². The molecule has 0 N–H and O–H groups in total. The first-order chi connectivity index (χ1) is 10.8. The summed E-state index contributed by atoms with van der Waals surface area (Å²) < 4.78 is 6.66. The van der Waals surface area contributed by atoms with Crippen molar-refractivity contribution in [1.29, 1.82) is 0 Å². The number of para-hydroxylation sites is 1. The van der Waals surface area contributed by atoms with Crippen LogP contribution in [-0.4, -0.2) is 37.0 Å². The number of benzene rings is 2. The van der Waals surface area contributed by atoms with Crippen molar-refractivity contribution in [3.05, 3.63) is 63.7 Å². The van der Waals surface area contributed by atoms with E-state index < -0.39 is 0 Å². The van der Waals surface area contributed by atoms with Crippen LogP contribution >= 0.6 is 22.6 Å². The van der Waals surface area contributed by atoms with Gasteiger partial charge in [-0.3, -0.25) is 0 Å². The lowest BCUT2D eigenvalue weighted by molar-refractivity contribution is 0.0674. The highest BCUT2D eigenvalue weighted by Gasteiger charge is 2.16. The van der Waals surface area contributed by atoms with Crippen molar-refractivity contribution >= 4 is 34.1 Å². The van der Waals surface area contributed by atoms with Gasteiger partial charge in [-0.05, 0) is 40.3 Å². The summed E-state index contributed by atoms with van der Waals surface area (Å²) in [6.07, 6.45) is 0.853. The summed E-state index contributed by atoms with van der Waals surface area (Å²) in [6, 6.07) is 18.8. The predicted octanol–water partition coefficient (Wildman–Crippen LogP) is 3.90. The van der Waals surface area contributed by atoms with Gasteiger partial charge < -0.3 is 9.64 Å². The van der Waals surface area contributed by atoms with E-state index >= 15 is 0 Å². The summed E-state index contributed by atoms with van der Waals surface area (Å²) in [5.74, 6) is 1.12. The van der Waals surface area contributed by atoms with E-state index in [2.05, 4.69) is 70.0 Å². The monoisotopic (exact) mass is 406 g/mol. The van der Waals surface area contributed by atoms with E-state index in [9.17, 15) is 0 Å². The van der Waals surface area contributed by atoms with E-state index in [-0.39, 0.29) is 0 Å². The Morgan fingerprint density at radius 3 is 2.41 bits per heavy atom. The minimum absolute atomic E-state index is 0.777. The van der Waals surface area contributed by atoms with Gasteiger partial charge in [-0.15, -0.1) is 0 Å². The molecule has 22 heavy (non-hydrogen) atoms. The normalized spacial score (nSPS) is 15.9. The Bertz CT molecular complexity index is 637. The van der Waals surface area contributed by atoms with Crippen LogP contribution in [0.2, 0.25) is 0 Å². The van der Waals surface area contributed by atoms with Crippen molar-refractivity contribution in [3.63, 3.8) is 0 Å². The standard InChI is InChI=1S/C18H19IN2O/c19-16-8-4-5-9-17(16)20-18(21-10-12-22-13-11-21)14-15-6-2-1-3-7-15/h1-9H,10-14H2. The number of rotatable bonds is 3. The summed E-state index contributed by atoms with van der Waals surface area (Å²) in [7, 11) is 0. The van der Waals surface area contributed by atoms with Crippen molar-refractivity contribution in [2.75, 3.05) is 26.3 Å². The fraction of sp³-hybridized carbons (Fsp3) is 0.278. The smallest absolute Gasteiger partial charge is 0.109 e. The van der Waals surface area contributed by atoms with Crippen molar-refractivity contribution in [2.24, 2.45) is 4.99 Å². The Morgan fingerprint density at radius 1 is 1.00 bits per heavy atom. The molecule has 0 saturated carbocycles. The van der Waals surface area contributed by atoms with Gasteiger partial charge in [-0.25, -0.2) is 4.99 Å². The van der Waals surface area contributed by atoms with Gasteiger partial charge in [0.2, 0.25) is 0 Å². The zero-order valence-corrected chi connectivity index (χ0v) is 14.6. The molecule has 3 nitrogen and oxygen atoms in total. The van der Waals surface area contributed by atoms with E-state index in [1.807, 2.05) is 12.1 Å². The van der Waals surface area contributed by atoms with Gasteiger partial charge in [0.05, 0.1) is 18.9 Å². The average molecular weight is 406 g/mol. The molecule has 1 saturated heterocycles. The average Bonchev–Trinajstić information content (AvgIpc) is 2.58. The molecule has 0 spiro atoms. The summed E-state index contributed by atoms with van der Waals surface area (Å²) in [5, 5.41) is 0. The van der Waals surface area contributed by atoms with Crippen molar-refractivity contribution in [2.45, 2.75) is 6.42 Å². The van der Waals surface area contributed by atoms with E-state index in [1.54, 1.807) is 0 Å². The first-order valence-corrected chi connectivity index (χ1v) is 8.59. The minimum Gasteiger partial charge on any atom is -0.378 e. The third-order valence-corrected chi connectivity index (χ3v) is 4.60. The van der Waals surface area contributed by atoms with Crippen LogP contribution in [0.15, 0.2) is 59.6 Å². The molecule has 0 aliphatic carbocycles. The highest BCUT2D eigenvalue weighted by Crippen LogP contribution is 2.22. The number of halogens is 1. The topological polar surface area (TPSA) is 24.8 Å². The summed E-state index contributed by atoms with van der Waals surface area (Å²) in [4.78, 5) is 7.30. The van der Waals surface area contributed by atoms with Crippen LogP contribution < -0.4 is 0 Å². The summed E-state index contributed by atoms with van der Waals surface area (Å²) >= 11 is 2.35. The molecule has 1 heterocycles. The maximum atomic E-state index is 5.48. The highest BCUT2D eigenvalue weighted by atomic mass is 127. The van der Waals surface area contributed by atoms with Crippen LogP contribution in [0.4, 0.5) is 5.69 Å². The molecule has 0 aromatic heterocycles. The van der Waals surface area contributed by atoms with Gasteiger partial charge >= 0.3 is 0 Å². The second kappa shape index (κ2) is 7.74. The molecule has 4 heteroatoms. The lowest BCUT2D eigenvalue weighted by Crippen LogP contribution is -2.41. The second-order valence-electron chi connectivity index (χ2n) is 5.24. The van der Waals surface area contributed by atoms with Crippen molar-refractivity contribution < 1.29 is 4.74 Å². The van der Waals surface area contributed by atoms with Gasteiger partial charge in [0.15, 0.2) is 0 Å². The number of aliphatic imine (C=N–C) groups is 1. The zero-order valence-electron chi connectivity index (χ0n) is 12.4. The van der Waals surface area contributed by atoms with Gasteiger partial charge in [0.25, 0.3) is 0 Å². The Balaban J connectivity index is 1.90. The SMILES string of the molecule is Ic1ccccc1N=C(Cc1ccccc1)N1CCOCC1. The fourth-order valence-corrected chi connectivity index (χ4v) is 3.01. The lowest BCUT2D eigenvalue weighted by atomic mass is 10.1. The van der Waals surface area contributed by atoms with Crippen LogP contribution in [0.25, 0.3) is 0 Å². The predicted molar refractivity (Wildman–Crippen MR) is 98.8 cm³/mol. The maximum absolute atomic E-state index is 5.48. The molecule has 3 rings (SSSR count). The number of nitrogens with zero attached hydrogens (tertiary/aromatic N) is 2. The molecule has 0 unspecified atom stereocenters. The maximum Gasteiger partial charge on any atom is 0.109 e. The largest absolute Gasteiger partial charge is 0.378 e. The third kappa shape index (κ3) is 4.08. The Hall–Kier alpha value is -1.40. The highest BCUT2D eigenvalue weighted by molar-refractivity contribution is 14.1. The van der Waals surface area contributed by atoms with Crippen LogP contribution in [0.5, 0.6) is 0 Å². The molecule has 1 fully saturated rings. The van der Waals surface area contributed by atoms with Crippen LogP contribution in [-0.2, 0) is 11.2 Å². The Kier molecular flexibility index (Phi) is 5.45. The van der Waals surface area contributed by atoms with Gasteiger partial charge in [0, 0.05) is 23.1 Å². The first kappa shape index (κ1) is 15.5. The second-order valence-corrected chi connectivity index (χ2v) is 6.40. The number of hydrogen-bond donors (Lipinski definition) is 0. The Morgan fingerprint density at radius 2 is 1.68 bits per heavy atom. The van der Waals surface area contributed by atoms with Gasteiger partial charge in [0.1, 0.15) is 5.84 Å². The van der Waals surface area contributed by atoms with E-state index in [1.165, 1.54) is 9.13 Å². The number of ether oxygens (including phenoxy) is 1. The summed E-state index contributed by atoms with van der Waals surface area (Å²) in [6.45, 7) is 3.38. The Labute approximate surface area is 145 Å². The first-order valence-electron chi connectivity index (χ1n) is 7.51. The molecule has 0 amide bonds. The summed E-state index contributed by atoms with van der Waals surface area (Å²) in [5.41, 5.74) is 2.33. The fourth-order valence-electron chi connectivity index (χ4n) is 2.50. The van der Waals surface area contributed by atoms with Crippen molar-refractivity contribution in [3.8, 4) is 0 Å². The number of morpholine rings is 1. The van der Waals surface area contributed by atoms with E-state index in [0.29, 0.717) is 0 Å².